The molecule has 7 heteroatoms. The SMILES string of the molecule is CCCN(CCC)C1=Nc2c(cnc(SC)c2C#N)CN1c1ccc(F)cc1. The van der Waals surface area contributed by atoms with E-state index in [4.69, 9.17) is 4.99 Å². The highest BCUT2D eigenvalue weighted by Crippen LogP contribution is 2.36. The highest BCUT2D eigenvalue weighted by atomic mass is 32.2. The van der Waals surface area contributed by atoms with Gasteiger partial charge in [0, 0.05) is 30.5 Å². The first-order chi connectivity index (χ1) is 13.6. The number of thioether (sulfide) groups is 1. The predicted octanol–water partition coefficient (Wildman–Crippen LogP) is 4.94. The van der Waals surface area contributed by atoms with Crippen molar-refractivity contribution in [2.24, 2.45) is 4.99 Å². The maximum atomic E-state index is 13.5. The molecule has 146 valence electrons. The molecular weight excluding hydrogens is 373 g/mol. The van der Waals surface area contributed by atoms with Gasteiger partial charge in [-0.15, -0.1) is 11.8 Å². The molecule has 28 heavy (non-hydrogen) atoms. The smallest absolute Gasteiger partial charge is 0.206 e. The number of aliphatic imine (C=N–C) groups is 1. The van der Waals surface area contributed by atoms with Crippen molar-refractivity contribution in [1.82, 2.24) is 9.88 Å². The van der Waals surface area contributed by atoms with E-state index in [0.29, 0.717) is 22.8 Å². The molecule has 0 amide bonds. The van der Waals surface area contributed by atoms with E-state index in [1.54, 1.807) is 18.3 Å². The van der Waals surface area contributed by atoms with Crippen LogP contribution in [-0.4, -0.2) is 35.2 Å². The molecule has 0 N–H and O–H groups in total. The average molecular weight is 398 g/mol. The van der Waals surface area contributed by atoms with E-state index >= 15 is 0 Å². The molecule has 1 aromatic carbocycles. The van der Waals surface area contributed by atoms with Crippen molar-refractivity contribution in [1.29, 1.82) is 5.26 Å². The number of hydrogen-bond acceptors (Lipinski definition) is 6. The summed E-state index contributed by atoms with van der Waals surface area (Å²) >= 11 is 1.45. The molecule has 0 radical (unpaired) electrons. The number of guanidine groups is 1. The zero-order valence-corrected chi connectivity index (χ0v) is 17.3. The number of aromatic nitrogens is 1. The number of anilines is 1. The Morgan fingerprint density at radius 1 is 1.21 bits per heavy atom. The molecule has 2 heterocycles. The van der Waals surface area contributed by atoms with E-state index in [1.165, 1.54) is 23.9 Å². The summed E-state index contributed by atoms with van der Waals surface area (Å²) in [5.74, 6) is 0.536. The Morgan fingerprint density at radius 2 is 1.89 bits per heavy atom. The van der Waals surface area contributed by atoms with Crippen LogP contribution in [0.25, 0.3) is 0 Å². The average Bonchev–Trinajstić information content (AvgIpc) is 2.72. The second-order valence-electron chi connectivity index (χ2n) is 6.59. The Morgan fingerprint density at radius 3 is 2.46 bits per heavy atom. The van der Waals surface area contributed by atoms with Gasteiger partial charge in [-0.2, -0.15) is 5.26 Å². The zero-order valence-electron chi connectivity index (χ0n) is 16.4. The number of nitriles is 1. The summed E-state index contributed by atoms with van der Waals surface area (Å²) in [4.78, 5) is 13.7. The number of benzene rings is 1. The number of halogens is 1. The highest BCUT2D eigenvalue weighted by molar-refractivity contribution is 7.98. The number of pyridine rings is 1. The van der Waals surface area contributed by atoms with Crippen molar-refractivity contribution in [2.75, 3.05) is 24.2 Å². The van der Waals surface area contributed by atoms with Crippen molar-refractivity contribution < 1.29 is 4.39 Å². The van der Waals surface area contributed by atoms with Gasteiger partial charge in [0.1, 0.15) is 22.5 Å². The van der Waals surface area contributed by atoms with Gasteiger partial charge in [-0.3, -0.25) is 0 Å². The molecule has 0 saturated heterocycles. The van der Waals surface area contributed by atoms with Gasteiger partial charge in [-0.05, 0) is 43.4 Å². The van der Waals surface area contributed by atoms with E-state index in [2.05, 4.69) is 34.7 Å². The summed E-state index contributed by atoms with van der Waals surface area (Å²) in [6.45, 7) is 6.54. The molecule has 0 spiro atoms. The van der Waals surface area contributed by atoms with Crippen LogP contribution >= 0.6 is 11.8 Å². The molecule has 1 aliphatic heterocycles. The first-order valence-corrected chi connectivity index (χ1v) is 10.7. The van der Waals surface area contributed by atoms with Crippen molar-refractivity contribution in [2.45, 2.75) is 38.3 Å². The first kappa shape index (κ1) is 20.2. The van der Waals surface area contributed by atoms with Crippen molar-refractivity contribution in [3.05, 3.63) is 47.4 Å². The maximum absolute atomic E-state index is 13.5. The van der Waals surface area contributed by atoms with Crippen molar-refractivity contribution in [3.63, 3.8) is 0 Å². The molecule has 3 rings (SSSR count). The standard InChI is InChI=1S/C21H24FN5S/c1-4-10-26(11-5-2)21-25-19-15(13-24-20(28-3)18(19)12-23)14-27(21)17-8-6-16(22)7-9-17/h6-9,13H,4-5,10-11,14H2,1-3H3. The fourth-order valence-corrected chi connectivity index (χ4v) is 3.85. The minimum absolute atomic E-state index is 0.267. The van der Waals surface area contributed by atoms with Gasteiger partial charge in [-0.1, -0.05) is 13.8 Å². The number of fused-ring (bicyclic) bond motifs is 1. The van der Waals surface area contributed by atoms with Crippen LogP contribution in [0, 0.1) is 17.1 Å². The molecule has 1 aromatic heterocycles. The van der Waals surface area contributed by atoms with Gasteiger partial charge < -0.3 is 9.80 Å². The molecule has 0 atom stereocenters. The van der Waals surface area contributed by atoms with E-state index < -0.39 is 0 Å². The Hall–Kier alpha value is -2.59. The quantitative estimate of drug-likeness (QED) is 0.646. The maximum Gasteiger partial charge on any atom is 0.206 e. The lowest BCUT2D eigenvalue weighted by atomic mass is 10.1. The van der Waals surface area contributed by atoms with Gasteiger partial charge in [0.2, 0.25) is 5.96 Å². The van der Waals surface area contributed by atoms with Crippen LogP contribution in [0.5, 0.6) is 0 Å². The van der Waals surface area contributed by atoms with E-state index in [1.807, 2.05) is 6.26 Å². The summed E-state index contributed by atoms with van der Waals surface area (Å²) in [6.07, 6.45) is 5.68. The molecule has 0 aliphatic carbocycles. The topological polar surface area (TPSA) is 55.5 Å². The Bertz CT molecular complexity index is 898. The van der Waals surface area contributed by atoms with Crippen LogP contribution in [0.3, 0.4) is 0 Å². The fourth-order valence-electron chi connectivity index (χ4n) is 3.35. The van der Waals surface area contributed by atoms with Crippen molar-refractivity contribution >= 4 is 29.1 Å². The summed E-state index contributed by atoms with van der Waals surface area (Å²) in [5, 5.41) is 10.4. The summed E-state index contributed by atoms with van der Waals surface area (Å²) in [6, 6.07) is 8.73. The van der Waals surface area contributed by atoms with Gasteiger partial charge in [0.25, 0.3) is 0 Å². The highest BCUT2D eigenvalue weighted by Gasteiger charge is 2.28. The molecule has 0 unspecified atom stereocenters. The van der Waals surface area contributed by atoms with Gasteiger partial charge in [0.05, 0.1) is 12.2 Å². The van der Waals surface area contributed by atoms with Gasteiger partial charge >= 0.3 is 0 Å². The zero-order chi connectivity index (χ0) is 20.1. The Balaban J connectivity index is 2.16. The van der Waals surface area contributed by atoms with Crippen LogP contribution in [0.15, 0.2) is 40.5 Å². The molecule has 2 aromatic rings. The molecule has 0 fully saturated rings. The predicted molar refractivity (Wildman–Crippen MR) is 113 cm³/mol. The third-order valence-corrected chi connectivity index (χ3v) is 5.28. The normalized spacial score (nSPS) is 13.0. The monoisotopic (exact) mass is 397 g/mol. The number of rotatable bonds is 6. The first-order valence-electron chi connectivity index (χ1n) is 9.45. The van der Waals surface area contributed by atoms with Gasteiger partial charge in [0.15, 0.2) is 0 Å². The van der Waals surface area contributed by atoms with Gasteiger partial charge in [-0.25, -0.2) is 14.4 Å². The Labute approximate surface area is 169 Å². The molecule has 0 bridgehead atoms. The van der Waals surface area contributed by atoms with Crippen LogP contribution in [-0.2, 0) is 6.54 Å². The van der Waals surface area contributed by atoms with Crippen LogP contribution in [0.4, 0.5) is 15.8 Å². The minimum atomic E-state index is -0.267. The molecule has 5 nitrogen and oxygen atoms in total. The Kier molecular flexibility index (Phi) is 6.53. The lowest BCUT2D eigenvalue weighted by Crippen LogP contribution is -2.46. The van der Waals surface area contributed by atoms with Crippen LogP contribution in [0.2, 0.25) is 0 Å². The molecule has 1 aliphatic rings. The summed E-state index contributed by atoms with van der Waals surface area (Å²) in [5.41, 5.74) is 2.99. The largest absolute Gasteiger partial charge is 0.342 e. The van der Waals surface area contributed by atoms with E-state index in [9.17, 15) is 9.65 Å². The fraction of sp³-hybridized carbons (Fsp3) is 0.381. The molecule has 0 saturated carbocycles. The van der Waals surface area contributed by atoms with Crippen LogP contribution < -0.4 is 4.90 Å². The number of nitrogens with zero attached hydrogens (tertiary/aromatic N) is 5. The lowest BCUT2D eigenvalue weighted by molar-refractivity contribution is 0.407. The van der Waals surface area contributed by atoms with Crippen molar-refractivity contribution in [3.8, 4) is 6.07 Å². The van der Waals surface area contributed by atoms with Crippen LogP contribution in [0.1, 0.15) is 37.8 Å². The third kappa shape index (κ3) is 3.97. The second-order valence-corrected chi connectivity index (χ2v) is 7.38. The summed E-state index contributed by atoms with van der Waals surface area (Å²) in [7, 11) is 0. The molecular formula is C21H24FN5S. The lowest BCUT2D eigenvalue weighted by Gasteiger charge is -2.37. The van der Waals surface area contributed by atoms with E-state index in [0.717, 1.165) is 43.1 Å². The third-order valence-electron chi connectivity index (χ3n) is 4.59. The summed E-state index contributed by atoms with van der Waals surface area (Å²) < 4.78 is 13.5. The number of hydrogen-bond donors (Lipinski definition) is 0. The minimum Gasteiger partial charge on any atom is -0.342 e. The van der Waals surface area contributed by atoms with E-state index in [-0.39, 0.29) is 5.82 Å². The second kappa shape index (κ2) is 9.07.